The molecule has 0 spiro atoms. The summed E-state index contributed by atoms with van der Waals surface area (Å²) in [6.45, 7) is 0. The van der Waals surface area contributed by atoms with E-state index >= 15 is 0 Å². The topological polar surface area (TPSA) is 68.3 Å². The quantitative estimate of drug-likeness (QED) is 0.193. The number of nitrogens with zero attached hydrogens (tertiary/aromatic N) is 1. The van der Waals surface area contributed by atoms with Crippen LogP contribution < -0.4 is 9.46 Å². The normalized spacial score (nSPS) is 12.6. The molecule has 5 nitrogen and oxygen atoms in total. The standard InChI is InChI=1S/C19H13ClF4N2O3S/c1-29-18-16(23)13(11-8-5-9-12(21)25-11)14(15(22)17(18)24)19(20)26-30(27,28)10-6-3-2-4-7-10/h2-9,19,26H,1H3. The Morgan fingerprint density at radius 3 is 2.23 bits per heavy atom. The summed E-state index contributed by atoms with van der Waals surface area (Å²) in [4.78, 5) is 3.25. The highest BCUT2D eigenvalue weighted by molar-refractivity contribution is 7.89. The van der Waals surface area contributed by atoms with E-state index in [4.69, 9.17) is 11.6 Å². The summed E-state index contributed by atoms with van der Waals surface area (Å²) < 4.78 is 89.3. The molecule has 1 atom stereocenters. The zero-order chi connectivity index (χ0) is 22.1. The van der Waals surface area contributed by atoms with Crippen molar-refractivity contribution in [3.05, 3.63) is 77.5 Å². The van der Waals surface area contributed by atoms with Crippen LogP contribution in [-0.4, -0.2) is 20.5 Å². The number of benzene rings is 2. The van der Waals surface area contributed by atoms with Crippen molar-refractivity contribution in [1.29, 1.82) is 0 Å². The SMILES string of the molecule is COc1c(F)c(F)c(C(Cl)NS(=O)(=O)c2ccccc2)c(-c2cccc(F)n2)c1F. The van der Waals surface area contributed by atoms with Gasteiger partial charge in [-0.3, -0.25) is 0 Å². The van der Waals surface area contributed by atoms with Gasteiger partial charge in [-0.1, -0.05) is 35.9 Å². The smallest absolute Gasteiger partial charge is 0.242 e. The molecule has 2 aromatic carbocycles. The van der Waals surface area contributed by atoms with Gasteiger partial charge in [-0.15, -0.1) is 0 Å². The van der Waals surface area contributed by atoms with E-state index in [-0.39, 0.29) is 4.90 Å². The summed E-state index contributed by atoms with van der Waals surface area (Å²) in [6, 6.07) is 10.2. The Morgan fingerprint density at radius 1 is 0.967 bits per heavy atom. The Balaban J connectivity index is 2.20. The molecule has 1 heterocycles. The number of alkyl halides is 1. The molecule has 0 aliphatic carbocycles. The lowest BCUT2D eigenvalue weighted by Crippen LogP contribution is -2.27. The van der Waals surface area contributed by atoms with Crippen LogP contribution in [0.1, 0.15) is 11.1 Å². The minimum Gasteiger partial charge on any atom is -0.491 e. The van der Waals surface area contributed by atoms with E-state index in [9.17, 15) is 26.0 Å². The molecule has 158 valence electrons. The zero-order valence-corrected chi connectivity index (χ0v) is 16.7. The molecule has 0 fully saturated rings. The largest absolute Gasteiger partial charge is 0.491 e. The average Bonchev–Trinajstić information content (AvgIpc) is 2.71. The summed E-state index contributed by atoms with van der Waals surface area (Å²) >= 11 is 6.05. The summed E-state index contributed by atoms with van der Waals surface area (Å²) in [6.07, 6.45) is 0. The molecule has 0 aliphatic heterocycles. The maximum Gasteiger partial charge on any atom is 0.242 e. The molecule has 3 rings (SSSR count). The van der Waals surface area contributed by atoms with Gasteiger partial charge in [0.2, 0.25) is 21.8 Å². The first kappa shape index (κ1) is 22.0. The van der Waals surface area contributed by atoms with Crippen LogP contribution in [0.25, 0.3) is 11.3 Å². The van der Waals surface area contributed by atoms with Crippen LogP contribution in [0, 0.1) is 23.4 Å². The number of ether oxygens (including phenoxy) is 1. The van der Waals surface area contributed by atoms with Gasteiger partial charge >= 0.3 is 0 Å². The Hall–Kier alpha value is -2.69. The third kappa shape index (κ3) is 4.11. The molecule has 0 aliphatic rings. The van der Waals surface area contributed by atoms with Gasteiger partial charge in [0.05, 0.1) is 17.7 Å². The van der Waals surface area contributed by atoms with Gasteiger partial charge in [-0.05, 0) is 24.3 Å². The van der Waals surface area contributed by atoms with E-state index < -0.39 is 61.5 Å². The highest BCUT2D eigenvalue weighted by Crippen LogP contribution is 2.40. The van der Waals surface area contributed by atoms with Crippen molar-refractivity contribution in [2.45, 2.75) is 10.4 Å². The molecule has 30 heavy (non-hydrogen) atoms. The maximum atomic E-state index is 15.0. The monoisotopic (exact) mass is 460 g/mol. The molecular formula is C19H13ClF4N2O3S. The highest BCUT2D eigenvalue weighted by atomic mass is 35.5. The van der Waals surface area contributed by atoms with E-state index in [1.165, 1.54) is 24.3 Å². The zero-order valence-electron chi connectivity index (χ0n) is 15.2. The molecule has 1 aromatic heterocycles. The second-order valence-electron chi connectivity index (χ2n) is 5.91. The van der Waals surface area contributed by atoms with Crippen molar-refractivity contribution in [1.82, 2.24) is 9.71 Å². The van der Waals surface area contributed by atoms with Crippen LogP contribution in [-0.2, 0) is 10.0 Å². The Labute approximate surface area is 174 Å². The molecule has 3 aromatic rings. The number of hydrogen-bond acceptors (Lipinski definition) is 4. The lowest BCUT2D eigenvalue weighted by Gasteiger charge is -2.20. The lowest BCUT2D eigenvalue weighted by atomic mass is 10.0. The summed E-state index contributed by atoms with van der Waals surface area (Å²) in [5.41, 5.74) is -4.07. The molecule has 0 radical (unpaired) electrons. The Kier molecular flexibility index (Phi) is 6.30. The van der Waals surface area contributed by atoms with Crippen LogP contribution in [0.5, 0.6) is 5.75 Å². The molecule has 0 saturated carbocycles. The van der Waals surface area contributed by atoms with Gasteiger partial charge < -0.3 is 4.74 Å². The first-order chi connectivity index (χ1) is 14.2. The minimum atomic E-state index is -4.29. The molecule has 0 saturated heterocycles. The van der Waals surface area contributed by atoms with Crippen LogP contribution in [0.2, 0.25) is 0 Å². The van der Waals surface area contributed by atoms with Crippen molar-refractivity contribution in [3.8, 4) is 17.0 Å². The van der Waals surface area contributed by atoms with E-state index in [0.29, 0.717) is 0 Å². The van der Waals surface area contributed by atoms with Crippen molar-refractivity contribution < 1.29 is 30.7 Å². The van der Waals surface area contributed by atoms with Gasteiger partial charge in [-0.25, -0.2) is 22.2 Å². The molecular weight excluding hydrogens is 448 g/mol. The van der Waals surface area contributed by atoms with Crippen LogP contribution in [0.4, 0.5) is 17.6 Å². The van der Waals surface area contributed by atoms with Crippen LogP contribution in [0.15, 0.2) is 53.4 Å². The van der Waals surface area contributed by atoms with E-state index in [1.807, 2.05) is 4.72 Å². The van der Waals surface area contributed by atoms with E-state index in [2.05, 4.69) is 9.72 Å². The van der Waals surface area contributed by atoms with Gasteiger partial charge in [0, 0.05) is 11.1 Å². The maximum absolute atomic E-state index is 15.0. The first-order valence-electron chi connectivity index (χ1n) is 8.26. The third-order valence-electron chi connectivity index (χ3n) is 4.06. The summed E-state index contributed by atoms with van der Waals surface area (Å²) in [7, 11) is -3.39. The predicted molar refractivity (Wildman–Crippen MR) is 101 cm³/mol. The summed E-state index contributed by atoms with van der Waals surface area (Å²) in [5, 5.41) is 0. The van der Waals surface area contributed by atoms with Crippen LogP contribution >= 0.6 is 11.6 Å². The van der Waals surface area contributed by atoms with Gasteiger partial charge in [0.25, 0.3) is 0 Å². The van der Waals surface area contributed by atoms with Gasteiger partial charge in [0.1, 0.15) is 5.50 Å². The number of halogens is 5. The Morgan fingerprint density at radius 2 is 1.63 bits per heavy atom. The first-order valence-corrected chi connectivity index (χ1v) is 10.2. The second-order valence-corrected chi connectivity index (χ2v) is 8.06. The summed E-state index contributed by atoms with van der Waals surface area (Å²) in [5.74, 6) is -6.95. The number of hydrogen-bond donors (Lipinski definition) is 1. The molecule has 0 bridgehead atoms. The molecule has 11 heteroatoms. The average molecular weight is 461 g/mol. The fourth-order valence-electron chi connectivity index (χ4n) is 2.73. The second kappa shape index (κ2) is 8.58. The fourth-order valence-corrected chi connectivity index (χ4v) is 4.33. The number of rotatable bonds is 6. The van der Waals surface area contributed by atoms with E-state index in [0.717, 1.165) is 25.3 Å². The number of sulfonamides is 1. The molecule has 1 N–H and O–H groups in total. The molecule has 1 unspecified atom stereocenters. The predicted octanol–water partition coefficient (Wildman–Crippen LogP) is 4.53. The fraction of sp³-hybridized carbons (Fsp3) is 0.105. The number of aromatic nitrogens is 1. The number of methoxy groups -OCH3 is 1. The highest BCUT2D eigenvalue weighted by Gasteiger charge is 2.33. The van der Waals surface area contributed by atoms with Crippen molar-refractivity contribution >= 4 is 21.6 Å². The van der Waals surface area contributed by atoms with E-state index in [1.54, 1.807) is 6.07 Å². The number of nitrogens with one attached hydrogen (secondary N) is 1. The van der Waals surface area contributed by atoms with Crippen molar-refractivity contribution in [2.24, 2.45) is 0 Å². The Bertz CT molecular complexity index is 1190. The minimum absolute atomic E-state index is 0.212. The number of pyridine rings is 1. The van der Waals surface area contributed by atoms with Gasteiger partial charge in [-0.2, -0.15) is 13.5 Å². The lowest BCUT2D eigenvalue weighted by molar-refractivity contribution is 0.345. The van der Waals surface area contributed by atoms with Crippen LogP contribution in [0.3, 0.4) is 0 Å². The van der Waals surface area contributed by atoms with Gasteiger partial charge in [0.15, 0.2) is 17.4 Å². The van der Waals surface area contributed by atoms with Crippen molar-refractivity contribution in [2.75, 3.05) is 7.11 Å². The molecule has 0 amide bonds. The third-order valence-corrected chi connectivity index (χ3v) is 5.95. The van der Waals surface area contributed by atoms with Crippen molar-refractivity contribution in [3.63, 3.8) is 0 Å².